The molecule has 10 nitrogen and oxygen atoms in total. The van der Waals surface area contributed by atoms with Gasteiger partial charge in [-0.15, -0.1) is 0 Å². The Morgan fingerprint density at radius 2 is 1.50 bits per heavy atom. The number of rotatable bonds is 8. The zero-order valence-corrected chi connectivity index (χ0v) is 25.1. The Labute approximate surface area is 261 Å². The molecular formula is C30H28Cl2F2N8O2. The van der Waals surface area contributed by atoms with E-state index in [1.807, 2.05) is 36.4 Å². The third-order valence-electron chi connectivity index (χ3n) is 8.00. The first-order valence-corrected chi connectivity index (χ1v) is 14.6. The van der Waals surface area contributed by atoms with E-state index in [4.69, 9.17) is 23.2 Å². The molecule has 2 atom stereocenters. The van der Waals surface area contributed by atoms with E-state index in [1.165, 1.54) is 28.2 Å². The van der Waals surface area contributed by atoms with Gasteiger partial charge in [0.25, 0.3) is 0 Å². The summed E-state index contributed by atoms with van der Waals surface area (Å²) < 4.78 is 32.4. The predicted octanol–water partition coefficient (Wildman–Crippen LogP) is 4.69. The third-order valence-corrected chi connectivity index (χ3v) is 8.44. The zero-order valence-electron chi connectivity index (χ0n) is 23.6. The van der Waals surface area contributed by atoms with Crippen LogP contribution in [0.4, 0.5) is 20.2 Å². The van der Waals surface area contributed by atoms with Gasteiger partial charge in [0.05, 0.1) is 18.3 Å². The van der Waals surface area contributed by atoms with Crippen LogP contribution >= 0.6 is 23.2 Å². The van der Waals surface area contributed by atoms with Gasteiger partial charge in [0.2, 0.25) is 0 Å². The summed E-state index contributed by atoms with van der Waals surface area (Å²) in [4.78, 5) is 21.9. The fraction of sp³-hybridized carbons (Fsp3) is 0.267. The molecule has 0 amide bonds. The Kier molecular flexibility index (Phi) is 8.14. The number of aromatic nitrogens is 6. The molecule has 1 N–H and O–H groups in total. The Morgan fingerprint density at radius 3 is 2.11 bits per heavy atom. The van der Waals surface area contributed by atoms with Crippen molar-refractivity contribution in [1.82, 2.24) is 29.1 Å². The first kappa shape index (κ1) is 29.8. The van der Waals surface area contributed by atoms with E-state index in [-0.39, 0.29) is 12.1 Å². The molecule has 1 aliphatic rings. The molecule has 0 saturated carbocycles. The second kappa shape index (κ2) is 12.0. The highest BCUT2D eigenvalue weighted by atomic mass is 35.5. The van der Waals surface area contributed by atoms with E-state index in [1.54, 1.807) is 13.0 Å². The normalized spacial score (nSPS) is 15.8. The lowest BCUT2D eigenvalue weighted by Crippen LogP contribution is -2.46. The number of benzene rings is 3. The zero-order chi connectivity index (χ0) is 31.0. The number of aliphatic hydroxyl groups is 1. The maximum Gasteiger partial charge on any atom is 0.350 e. The molecule has 0 radical (unpaired) electrons. The monoisotopic (exact) mass is 640 g/mol. The highest BCUT2D eigenvalue weighted by molar-refractivity contribution is 6.35. The number of piperazine rings is 1. The largest absolute Gasteiger partial charge is 0.381 e. The molecule has 0 spiro atoms. The number of hydrogen-bond donors (Lipinski definition) is 1. The number of nitrogens with zero attached hydrogens (tertiary/aromatic N) is 8. The van der Waals surface area contributed by atoms with Gasteiger partial charge >= 0.3 is 5.69 Å². The smallest absolute Gasteiger partial charge is 0.350 e. The van der Waals surface area contributed by atoms with Gasteiger partial charge in [0.15, 0.2) is 0 Å². The molecule has 0 aliphatic carbocycles. The molecule has 1 fully saturated rings. The number of halogens is 4. The minimum Gasteiger partial charge on any atom is -0.381 e. The minimum absolute atomic E-state index is 0.203. The molecule has 44 heavy (non-hydrogen) atoms. The van der Waals surface area contributed by atoms with Crippen LogP contribution < -0.4 is 15.5 Å². The van der Waals surface area contributed by atoms with E-state index in [0.717, 1.165) is 54.4 Å². The van der Waals surface area contributed by atoms with Crippen molar-refractivity contribution in [3.05, 3.63) is 117 Å². The van der Waals surface area contributed by atoms with Crippen LogP contribution in [-0.4, -0.2) is 60.4 Å². The van der Waals surface area contributed by atoms with Crippen LogP contribution in [0.2, 0.25) is 10.0 Å². The maximum atomic E-state index is 15.0. The molecule has 5 aromatic rings. The topological polar surface area (TPSA) is 97.2 Å². The summed E-state index contributed by atoms with van der Waals surface area (Å²) in [5.41, 5.74) is -0.225. The number of hydrogen-bond acceptors (Lipinski definition) is 7. The minimum atomic E-state index is -2.03. The molecule has 6 rings (SSSR count). The second-order valence-corrected chi connectivity index (χ2v) is 11.5. The van der Waals surface area contributed by atoms with Crippen molar-refractivity contribution >= 4 is 34.6 Å². The van der Waals surface area contributed by atoms with Crippen LogP contribution in [0, 0.1) is 11.6 Å². The van der Waals surface area contributed by atoms with Crippen LogP contribution in [0.1, 0.15) is 18.5 Å². The van der Waals surface area contributed by atoms with Gasteiger partial charge in [-0.3, -0.25) is 0 Å². The lowest BCUT2D eigenvalue weighted by Gasteiger charge is -2.37. The van der Waals surface area contributed by atoms with Crippen molar-refractivity contribution in [2.75, 3.05) is 36.0 Å². The highest BCUT2D eigenvalue weighted by Gasteiger charge is 2.42. The van der Waals surface area contributed by atoms with Crippen molar-refractivity contribution in [2.24, 2.45) is 0 Å². The summed E-state index contributed by atoms with van der Waals surface area (Å²) in [7, 11) is 0. The molecule has 228 valence electrons. The van der Waals surface area contributed by atoms with E-state index >= 15 is 0 Å². The van der Waals surface area contributed by atoms with Crippen molar-refractivity contribution in [3.63, 3.8) is 0 Å². The lowest BCUT2D eigenvalue weighted by molar-refractivity contribution is -0.0381. The van der Waals surface area contributed by atoms with Gasteiger partial charge in [-0.2, -0.15) is 10.2 Å². The van der Waals surface area contributed by atoms with E-state index in [0.29, 0.717) is 21.8 Å². The summed E-state index contributed by atoms with van der Waals surface area (Å²) in [5.74, 6) is -1.75. The molecule has 3 heterocycles. The Bertz CT molecular complexity index is 1800. The van der Waals surface area contributed by atoms with E-state index < -0.39 is 29.0 Å². The first-order chi connectivity index (χ1) is 21.1. The van der Waals surface area contributed by atoms with Gasteiger partial charge < -0.3 is 14.9 Å². The van der Waals surface area contributed by atoms with E-state index in [2.05, 4.69) is 25.0 Å². The average molecular weight is 642 g/mol. The first-order valence-electron chi connectivity index (χ1n) is 13.9. The second-order valence-electron chi connectivity index (χ2n) is 10.7. The molecule has 0 unspecified atom stereocenters. The maximum absolute atomic E-state index is 15.0. The summed E-state index contributed by atoms with van der Waals surface area (Å²) in [5, 5.41) is 21.3. The van der Waals surface area contributed by atoms with Crippen LogP contribution in [-0.2, 0) is 12.1 Å². The van der Waals surface area contributed by atoms with Crippen LogP contribution in [0.25, 0.3) is 5.69 Å². The lowest BCUT2D eigenvalue weighted by atomic mass is 9.86. The Balaban J connectivity index is 1.21. The fourth-order valence-electron chi connectivity index (χ4n) is 5.57. The van der Waals surface area contributed by atoms with E-state index in [9.17, 15) is 18.7 Å². The summed E-state index contributed by atoms with van der Waals surface area (Å²) >= 11 is 12.4. The summed E-state index contributed by atoms with van der Waals surface area (Å²) in [6.45, 7) is 4.41. The molecule has 2 aromatic heterocycles. The van der Waals surface area contributed by atoms with Crippen molar-refractivity contribution in [3.8, 4) is 5.69 Å². The molecule has 14 heteroatoms. The Morgan fingerprint density at radius 1 is 0.864 bits per heavy atom. The predicted molar refractivity (Wildman–Crippen MR) is 164 cm³/mol. The fourth-order valence-corrected chi connectivity index (χ4v) is 6.09. The standard InChI is InChI=1S/C30H28Cl2F2N8O2/c1-20(30(44,16-40-18-35-17-36-40)27-7-2-23(33)15-28(27)34)42-29(43)41(19-37-42)25-5-3-24(4-6-25)38-8-10-39(11-9-38)26-13-21(31)12-22(32)14-26/h2-7,12-15,17-20,44H,8-11,16H2,1H3/t20-,30-/m1/s1. The summed E-state index contributed by atoms with van der Waals surface area (Å²) in [6.07, 6.45) is 3.97. The van der Waals surface area contributed by atoms with Crippen molar-refractivity contribution in [1.29, 1.82) is 0 Å². The van der Waals surface area contributed by atoms with Crippen LogP contribution in [0.5, 0.6) is 0 Å². The highest BCUT2D eigenvalue weighted by Crippen LogP contribution is 2.36. The Hall–Kier alpha value is -4.26. The average Bonchev–Trinajstić information content (AvgIpc) is 3.65. The SMILES string of the molecule is C[C@@H](n1ncn(-c2ccc(N3CCN(c4cc(Cl)cc(Cl)c4)CC3)cc2)c1=O)[C@](O)(Cn1cncn1)c1ccc(F)cc1F. The van der Waals surface area contributed by atoms with Crippen molar-refractivity contribution in [2.45, 2.75) is 25.1 Å². The van der Waals surface area contributed by atoms with Gasteiger partial charge in [-0.25, -0.2) is 32.5 Å². The van der Waals surface area contributed by atoms with Gasteiger partial charge in [-0.05, 0) is 55.5 Å². The molecule has 1 saturated heterocycles. The summed E-state index contributed by atoms with van der Waals surface area (Å²) in [6, 6.07) is 14.8. The van der Waals surface area contributed by atoms with Gasteiger partial charge in [0, 0.05) is 59.2 Å². The van der Waals surface area contributed by atoms with Crippen LogP contribution in [0.3, 0.4) is 0 Å². The third kappa shape index (κ3) is 5.80. The number of anilines is 2. The quantitative estimate of drug-likeness (QED) is 0.263. The molecular weight excluding hydrogens is 613 g/mol. The molecule has 0 bridgehead atoms. The molecule has 1 aliphatic heterocycles. The van der Waals surface area contributed by atoms with Gasteiger partial charge in [0.1, 0.15) is 36.2 Å². The van der Waals surface area contributed by atoms with Gasteiger partial charge in [-0.1, -0.05) is 29.3 Å². The van der Waals surface area contributed by atoms with Crippen molar-refractivity contribution < 1.29 is 13.9 Å². The molecule has 3 aromatic carbocycles. The van der Waals surface area contributed by atoms with Crippen LogP contribution in [0.15, 0.2) is 84.4 Å².